The van der Waals surface area contributed by atoms with E-state index >= 15 is 0 Å². The van der Waals surface area contributed by atoms with Gasteiger partial charge in [0.05, 0.1) is 18.3 Å². The van der Waals surface area contributed by atoms with Crippen LogP contribution in [-0.4, -0.2) is 34.3 Å². The predicted molar refractivity (Wildman–Crippen MR) is 83.5 cm³/mol. The predicted octanol–water partition coefficient (Wildman–Crippen LogP) is 2.24. The molecule has 22 heavy (non-hydrogen) atoms. The number of aliphatic hydroxyl groups is 1. The molecule has 3 aromatic rings. The number of hydrogen-bond acceptors (Lipinski definition) is 4. The van der Waals surface area contributed by atoms with Crippen LogP contribution in [0.5, 0.6) is 0 Å². The first-order valence-corrected chi connectivity index (χ1v) is 6.92. The van der Waals surface area contributed by atoms with Gasteiger partial charge in [-0.25, -0.2) is 9.78 Å². The molecule has 2 aromatic heterocycles. The Kier molecular flexibility index (Phi) is 3.77. The minimum Gasteiger partial charge on any atom is -0.461 e. The van der Waals surface area contributed by atoms with Gasteiger partial charge >= 0.3 is 5.97 Å². The lowest BCUT2D eigenvalue weighted by Gasteiger charge is -2.01. The minimum absolute atomic E-state index is 0.200. The zero-order valence-electron chi connectivity index (χ0n) is 12.0. The normalized spacial score (nSPS) is 10.5. The fourth-order valence-electron chi connectivity index (χ4n) is 2.41. The van der Waals surface area contributed by atoms with Crippen LogP contribution >= 0.6 is 0 Å². The summed E-state index contributed by atoms with van der Waals surface area (Å²) in [6.07, 6.45) is 1.62. The number of aromatic amines is 1. The molecule has 2 heterocycles. The minimum atomic E-state index is -0.447. The highest BCUT2D eigenvalue weighted by Gasteiger charge is 2.13. The van der Waals surface area contributed by atoms with Gasteiger partial charge in [0, 0.05) is 21.9 Å². The van der Waals surface area contributed by atoms with E-state index in [4.69, 9.17) is 9.84 Å². The number of benzene rings is 1. The molecule has 0 fully saturated rings. The smallest absolute Gasteiger partial charge is 0.356 e. The van der Waals surface area contributed by atoms with Crippen molar-refractivity contribution < 1.29 is 14.6 Å². The van der Waals surface area contributed by atoms with Crippen LogP contribution in [0.25, 0.3) is 21.8 Å². The number of carbonyl (C=O) groups is 1. The number of aliphatic hydroxyl groups excluding tert-OH is 1. The molecule has 0 bridgehead atoms. The summed E-state index contributed by atoms with van der Waals surface area (Å²) < 4.78 is 4.99. The Balaban J connectivity index is 2.25. The van der Waals surface area contributed by atoms with Crippen molar-refractivity contribution in [3.63, 3.8) is 0 Å². The molecule has 110 valence electrons. The molecular formula is C17H14N2O3. The fourth-order valence-corrected chi connectivity index (χ4v) is 2.41. The van der Waals surface area contributed by atoms with Gasteiger partial charge in [-0.2, -0.15) is 0 Å². The number of carbonyl (C=O) groups excluding carboxylic acids is 1. The van der Waals surface area contributed by atoms with E-state index in [1.54, 1.807) is 19.2 Å². The van der Waals surface area contributed by atoms with E-state index < -0.39 is 5.97 Å². The summed E-state index contributed by atoms with van der Waals surface area (Å²) in [4.78, 5) is 19.2. The summed E-state index contributed by atoms with van der Waals surface area (Å²) in [5.74, 6) is 5.14. The van der Waals surface area contributed by atoms with Gasteiger partial charge in [0.15, 0.2) is 0 Å². The number of H-pyrrole nitrogens is 1. The number of fused-ring (bicyclic) bond motifs is 3. The highest BCUT2D eigenvalue weighted by Crippen LogP contribution is 2.28. The molecule has 0 aliphatic rings. The Bertz CT molecular complexity index is 916. The Morgan fingerprint density at radius 1 is 1.41 bits per heavy atom. The number of rotatable bonds is 2. The van der Waals surface area contributed by atoms with Crippen molar-refractivity contribution in [2.75, 3.05) is 13.2 Å². The summed E-state index contributed by atoms with van der Waals surface area (Å²) >= 11 is 0. The van der Waals surface area contributed by atoms with Crippen LogP contribution in [0, 0.1) is 11.8 Å². The van der Waals surface area contributed by atoms with Gasteiger partial charge in [-0.05, 0) is 25.1 Å². The van der Waals surface area contributed by atoms with E-state index in [0.717, 1.165) is 27.4 Å². The second-order valence-corrected chi connectivity index (χ2v) is 4.65. The summed E-state index contributed by atoms with van der Waals surface area (Å²) in [6.45, 7) is 1.86. The SMILES string of the molecule is CCOC(=O)c1cc2c(cn1)[nH]c1cccc(C#CCO)c12. The highest BCUT2D eigenvalue weighted by atomic mass is 16.5. The Labute approximate surface area is 126 Å². The van der Waals surface area contributed by atoms with E-state index in [1.165, 1.54) is 0 Å². The second kappa shape index (κ2) is 5.88. The van der Waals surface area contributed by atoms with Crippen LogP contribution in [0.1, 0.15) is 23.0 Å². The Morgan fingerprint density at radius 2 is 2.27 bits per heavy atom. The summed E-state index contributed by atoms with van der Waals surface area (Å²) in [5.41, 5.74) is 2.78. The molecule has 0 amide bonds. The lowest BCUT2D eigenvalue weighted by atomic mass is 10.1. The van der Waals surface area contributed by atoms with Crippen molar-refractivity contribution in [1.82, 2.24) is 9.97 Å². The Hall–Kier alpha value is -2.84. The van der Waals surface area contributed by atoms with E-state index in [-0.39, 0.29) is 12.3 Å². The van der Waals surface area contributed by atoms with Gasteiger partial charge in [-0.15, -0.1) is 0 Å². The van der Waals surface area contributed by atoms with Crippen molar-refractivity contribution in [2.24, 2.45) is 0 Å². The molecule has 0 spiro atoms. The molecule has 0 aliphatic carbocycles. The first-order valence-electron chi connectivity index (χ1n) is 6.92. The zero-order valence-corrected chi connectivity index (χ0v) is 12.0. The Morgan fingerprint density at radius 3 is 3.05 bits per heavy atom. The summed E-state index contributed by atoms with van der Waals surface area (Å²) in [7, 11) is 0. The average molecular weight is 294 g/mol. The summed E-state index contributed by atoms with van der Waals surface area (Å²) in [6, 6.07) is 7.40. The molecular weight excluding hydrogens is 280 g/mol. The van der Waals surface area contributed by atoms with E-state index in [0.29, 0.717) is 6.61 Å². The largest absolute Gasteiger partial charge is 0.461 e. The third kappa shape index (κ3) is 2.41. The van der Waals surface area contributed by atoms with Crippen LogP contribution in [0.15, 0.2) is 30.5 Å². The number of pyridine rings is 1. The number of esters is 1. The number of aromatic nitrogens is 2. The highest BCUT2D eigenvalue weighted by molar-refractivity contribution is 6.11. The lowest BCUT2D eigenvalue weighted by Crippen LogP contribution is -2.06. The van der Waals surface area contributed by atoms with Crippen LogP contribution in [-0.2, 0) is 4.74 Å². The molecule has 0 saturated heterocycles. The molecule has 0 radical (unpaired) electrons. The van der Waals surface area contributed by atoms with Crippen LogP contribution in [0.2, 0.25) is 0 Å². The number of ether oxygens (including phenoxy) is 1. The first-order chi connectivity index (χ1) is 10.7. The van der Waals surface area contributed by atoms with Gasteiger partial charge in [-0.1, -0.05) is 17.9 Å². The molecule has 0 saturated carbocycles. The van der Waals surface area contributed by atoms with Crippen molar-refractivity contribution in [1.29, 1.82) is 0 Å². The maximum absolute atomic E-state index is 11.8. The monoisotopic (exact) mass is 294 g/mol. The van der Waals surface area contributed by atoms with Crippen molar-refractivity contribution >= 4 is 27.8 Å². The lowest BCUT2D eigenvalue weighted by molar-refractivity contribution is 0.0520. The number of nitrogens with one attached hydrogen (secondary N) is 1. The average Bonchev–Trinajstić information content (AvgIpc) is 2.91. The molecule has 1 aromatic carbocycles. The van der Waals surface area contributed by atoms with Gasteiger partial charge in [-0.3, -0.25) is 0 Å². The maximum Gasteiger partial charge on any atom is 0.356 e. The molecule has 0 aliphatic heterocycles. The van der Waals surface area contributed by atoms with Crippen LogP contribution < -0.4 is 0 Å². The quantitative estimate of drug-likeness (QED) is 0.561. The van der Waals surface area contributed by atoms with Gasteiger partial charge in [0.1, 0.15) is 12.3 Å². The molecule has 0 atom stereocenters. The number of hydrogen-bond donors (Lipinski definition) is 2. The first kappa shape index (κ1) is 14.1. The molecule has 3 rings (SSSR count). The van der Waals surface area contributed by atoms with Crippen LogP contribution in [0.4, 0.5) is 0 Å². The third-order valence-electron chi connectivity index (χ3n) is 3.29. The molecule has 2 N–H and O–H groups in total. The van der Waals surface area contributed by atoms with Gasteiger partial charge in [0.25, 0.3) is 0 Å². The fraction of sp³-hybridized carbons (Fsp3) is 0.176. The van der Waals surface area contributed by atoms with E-state index in [1.807, 2.05) is 18.2 Å². The standard InChI is InChI=1S/C17H14N2O3/c1-2-22-17(21)14-9-12-15(10-18-14)19-13-7-3-5-11(16(12)13)6-4-8-20/h3,5,7,9-10,19-20H,2,8H2,1H3. The molecule has 0 unspecified atom stereocenters. The second-order valence-electron chi connectivity index (χ2n) is 4.65. The molecule has 5 nitrogen and oxygen atoms in total. The summed E-state index contributed by atoms with van der Waals surface area (Å²) in [5, 5.41) is 10.7. The van der Waals surface area contributed by atoms with Crippen molar-refractivity contribution in [3.05, 3.63) is 41.7 Å². The van der Waals surface area contributed by atoms with Crippen molar-refractivity contribution in [3.8, 4) is 11.8 Å². The van der Waals surface area contributed by atoms with Crippen molar-refractivity contribution in [2.45, 2.75) is 6.92 Å². The van der Waals surface area contributed by atoms with Gasteiger partial charge < -0.3 is 14.8 Å². The van der Waals surface area contributed by atoms with E-state index in [2.05, 4.69) is 21.8 Å². The maximum atomic E-state index is 11.8. The van der Waals surface area contributed by atoms with E-state index in [9.17, 15) is 4.79 Å². The number of nitrogens with zero attached hydrogens (tertiary/aromatic N) is 1. The molecule has 5 heteroatoms. The van der Waals surface area contributed by atoms with Gasteiger partial charge in [0.2, 0.25) is 0 Å². The zero-order chi connectivity index (χ0) is 15.5. The van der Waals surface area contributed by atoms with Crippen LogP contribution in [0.3, 0.4) is 0 Å². The topological polar surface area (TPSA) is 75.2 Å². The third-order valence-corrected chi connectivity index (χ3v) is 3.29.